The molecule has 2 aromatic rings. The van der Waals surface area contributed by atoms with Crippen LogP contribution in [-0.2, 0) is 4.79 Å². The van der Waals surface area contributed by atoms with E-state index in [9.17, 15) is 19.5 Å². The fraction of sp³-hybridized carbons (Fsp3) is 0. The van der Waals surface area contributed by atoms with Gasteiger partial charge in [0.2, 0.25) is 0 Å². The van der Waals surface area contributed by atoms with E-state index in [1.54, 1.807) is 36.4 Å². The minimum Gasteiger partial charge on any atom is -0.478 e. The van der Waals surface area contributed by atoms with Crippen LogP contribution < -0.4 is 5.43 Å². The van der Waals surface area contributed by atoms with Gasteiger partial charge < -0.3 is 5.11 Å². The third kappa shape index (κ3) is 4.19. The number of hydrazine groups is 1. The van der Waals surface area contributed by atoms with E-state index < -0.39 is 17.8 Å². The Balaban J connectivity index is 1.83. The highest BCUT2D eigenvalue weighted by molar-refractivity contribution is 8.26. The van der Waals surface area contributed by atoms with Crippen molar-refractivity contribution in [3.63, 3.8) is 0 Å². The number of thiocarbonyl (C=S) groups is 1. The summed E-state index contributed by atoms with van der Waals surface area (Å²) in [6, 6.07) is 12.5. The third-order valence-corrected chi connectivity index (χ3v) is 5.11. The highest BCUT2D eigenvalue weighted by Gasteiger charge is 2.34. The second kappa shape index (κ2) is 7.91. The fourth-order valence-corrected chi connectivity index (χ4v) is 3.68. The first-order valence-electron chi connectivity index (χ1n) is 7.53. The Labute approximate surface area is 168 Å². The Hall–Kier alpha value is -2.68. The zero-order valence-electron chi connectivity index (χ0n) is 13.5. The van der Waals surface area contributed by atoms with Crippen molar-refractivity contribution in [2.24, 2.45) is 0 Å². The van der Waals surface area contributed by atoms with Crippen LogP contribution in [0.15, 0.2) is 53.4 Å². The Morgan fingerprint density at radius 1 is 1.19 bits per heavy atom. The van der Waals surface area contributed by atoms with Gasteiger partial charge in [-0.05, 0) is 48.1 Å². The lowest BCUT2D eigenvalue weighted by Crippen LogP contribution is -2.44. The molecule has 9 heteroatoms. The highest BCUT2D eigenvalue weighted by atomic mass is 35.5. The number of carboxylic acids is 1. The summed E-state index contributed by atoms with van der Waals surface area (Å²) < 4.78 is 0.134. The number of rotatable bonds is 4. The van der Waals surface area contributed by atoms with Gasteiger partial charge in [0.15, 0.2) is 4.32 Å². The normalized spacial score (nSPS) is 15.3. The summed E-state index contributed by atoms with van der Waals surface area (Å²) in [7, 11) is 0. The summed E-state index contributed by atoms with van der Waals surface area (Å²) in [6.45, 7) is 0. The van der Waals surface area contributed by atoms with Crippen LogP contribution in [0.1, 0.15) is 26.3 Å². The minimum atomic E-state index is -1.11. The maximum absolute atomic E-state index is 12.6. The number of carbonyl (C=O) groups is 3. The topological polar surface area (TPSA) is 86.7 Å². The van der Waals surface area contributed by atoms with Gasteiger partial charge in [-0.2, -0.15) is 5.01 Å². The predicted molar refractivity (Wildman–Crippen MR) is 107 cm³/mol. The van der Waals surface area contributed by atoms with E-state index in [1.807, 2.05) is 0 Å². The number of amides is 2. The number of carboxylic acid groups (broad SMARTS) is 1. The second-order valence-electron chi connectivity index (χ2n) is 5.36. The molecule has 1 saturated heterocycles. The molecule has 2 N–H and O–H groups in total. The zero-order valence-corrected chi connectivity index (χ0v) is 15.9. The van der Waals surface area contributed by atoms with Gasteiger partial charge in [0, 0.05) is 10.6 Å². The molecule has 1 heterocycles. The van der Waals surface area contributed by atoms with Crippen molar-refractivity contribution in [1.29, 1.82) is 0 Å². The minimum absolute atomic E-state index is 0.0609. The third-order valence-electron chi connectivity index (χ3n) is 3.57. The van der Waals surface area contributed by atoms with Crippen LogP contribution in [0.25, 0.3) is 6.08 Å². The van der Waals surface area contributed by atoms with Crippen molar-refractivity contribution in [2.75, 3.05) is 0 Å². The number of aromatic carboxylic acids is 1. The lowest BCUT2D eigenvalue weighted by atomic mass is 10.1. The van der Waals surface area contributed by atoms with Crippen LogP contribution in [0.5, 0.6) is 0 Å². The van der Waals surface area contributed by atoms with Gasteiger partial charge in [0.25, 0.3) is 11.8 Å². The van der Waals surface area contributed by atoms with Gasteiger partial charge >= 0.3 is 5.97 Å². The van der Waals surface area contributed by atoms with Gasteiger partial charge in [0.05, 0.1) is 10.5 Å². The van der Waals surface area contributed by atoms with Gasteiger partial charge in [-0.1, -0.05) is 47.6 Å². The van der Waals surface area contributed by atoms with Crippen molar-refractivity contribution in [2.45, 2.75) is 0 Å². The lowest BCUT2D eigenvalue weighted by molar-refractivity contribution is -0.123. The molecule has 0 aromatic heterocycles. The molecule has 2 amide bonds. The molecule has 0 aliphatic carbocycles. The smallest absolute Gasteiger partial charge is 0.336 e. The molecular formula is C18H11ClN2O4S2. The Bertz CT molecular complexity index is 1010. The monoisotopic (exact) mass is 418 g/mol. The van der Waals surface area contributed by atoms with Gasteiger partial charge in [-0.25, -0.2) is 4.79 Å². The van der Waals surface area contributed by atoms with E-state index in [2.05, 4.69) is 5.43 Å². The SMILES string of the molecule is O=C(NN1C(=O)/C(=C\c2ccccc2C(=O)O)SC1=S)c1cccc(Cl)c1. The standard InChI is InChI=1S/C18H11ClN2O4S2/c19-12-6-3-5-11(8-12)15(22)20-21-16(23)14(27-18(21)26)9-10-4-1-2-7-13(10)17(24)25/h1-9H,(H,20,22)(H,24,25)/b14-9+. The van der Waals surface area contributed by atoms with Crippen LogP contribution in [0.2, 0.25) is 5.02 Å². The van der Waals surface area contributed by atoms with E-state index in [4.69, 9.17) is 23.8 Å². The quantitative estimate of drug-likeness (QED) is 0.583. The first kappa shape index (κ1) is 19.1. The number of hydrogen-bond donors (Lipinski definition) is 2. The Kier molecular flexibility index (Phi) is 5.59. The molecular weight excluding hydrogens is 408 g/mol. The number of halogens is 1. The van der Waals surface area contributed by atoms with Crippen molar-refractivity contribution in [3.05, 3.63) is 75.1 Å². The predicted octanol–water partition coefficient (Wildman–Crippen LogP) is 3.58. The van der Waals surface area contributed by atoms with E-state index in [-0.39, 0.29) is 20.4 Å². The van der Waals surface area contributed by atoms with Crippen LogP contribution in [-0.4, -0.2) is 32.2 Å². The maximum Gasteiger partial charge on any atom is 0.336 e. The summed E-state index contributed by atoms with van der Waals surface area (Å²) in [5.41, 5.74) is 3.14. The van der Waals surface area contributed by atoms with E-state index >= 15 is 0 Å². The van der Waals surface area contributed by atoms with Crippen LogP contribution in [0.4, 0.5) is 0 Å². The first-order valence-corrected chi connectivity index (χ1v) is 9.14. The molecule has 0 saturated carbocycles. The van der Waals surface area contributed by atoms with Crippen LogP contribution >= 0.6 is 35.6 Å². The van der Waals surface area contributed by atoms with Crippen molar-refractivity contribution >= 4 is 63.8 Å². The molecule has 0 spiro atoms. The van der Waals surface area contributed by atoms with Gasteiger partial charge in [-0.15, -0.1) is 0 Å². The number of hydrogen-bond acceptors (Lipinski definition) is 5. The number of carbonyl (C=O) groups excluding carboxylic acids is 2. The molecule has 1 aliphatic heterocycles. The fourth-order valence-electron chi connectivity index (χ4n) is 2.32. The molecule has 3 rings (SSSR count). The molecule has 6 nitrogen and oxygen atoms in total. The molecule has 0 radical (unpaired) electrons. The van der Waals surface area contributed by atoms with Crippen LogP contribution in [0.3, 0.4) is 0 Å². The van der Waals surface area contributed by atoms with Crippen molar-refractivity contribution in [3.8, 4) is 0 Å². The van der Waals surface area contributed by atoms with Gasteiger partial charge in [0.1, 0.15) is 0 Å². The zero-order chi connectivity index (χ0) is 19.6. The average Bonchev–Trinajstić information content (AvgIpc) is 2.89. The molecule has 1 aliphatic rings. The van der Waals surface area contributed by atoms with E-state index in [0.29, 0.717) is 10.6 Å². The summed E-state index contributed by atoms with van der Waals surface area (Å²) in [5.74, 6) is -2.19. The summed E-state index contributed by atoms with van der Waals surface area (Å²) in [4.78, 5) is 36.4. The van der Waals surface area contributed by atoms with Gasteiger partial charge in [-0.3, -0.25) is 15.0 Å². The van der Waals surface area contributed by atoms with E-state index in [0.717, 1.165) is 16.8 Å². The summed E-state index contributed by atoms with van der Waals surface area (Å²) >= 11 is 12.0. The molecule has 2 aromatic carbocycles. The number of benzene rings is 2. The largest absolute Gasteiger partial charge is 0.478 e. The molecule has 0 unspecified atom stereocenters. The van der Waals surface area contributed by atoms with Crippen molar-refractivity contribution < 1.29 is 19.5 Å². The maximum atomic E-state index is 12.6. The number of thioether (sulfide) groups is 1. The average molecular weight is 419 g/mol. The number of nitrogens with zero attached hydrogens (tertiary/aromatic N) is 1. The molecule has 27 heavy (non-hydrogen) atoms. The van der Waals surface area contributed by atoms with Crippen LogP contribution in [0, 0.1) is 0 Å². The molecule has 1 fully saturated rings. The number of nitrogens with one attached hydrogen (secondary N) is 1. The first-order chi connectivity index (χ1) is 12.9. The molecule has 0 bridgehead atoms. The lowest BCUT2D eigenvalue weighted by Gasteiger charge is -2.15. The van der Waals surface area contributed by atoms with Crippen molar-refractivity contribution in [1.82, 2.24) is 10.4 Å². The summed E-state index contributed by atoms with van der Waals surface area (Å²) in [5, 5.41) is 10.6. The van der Waals surface area contributed by atoms with E-state index in [1.165, 1.54) is 18.2 Å². The second-order valence-corrected chi connectivity index (χ2v) is 7.47. The molecule has 0 atom stereocenters. The Morgan fingerprint density at radius 2 is 1.93 bits per heavy atom. The summed E-state index contributed by atoms with van der Waals surface area (Å²) in [6.07, 6.45) is 1.44. The Morgan fingerprint density at radius 3 is 2.63 bits per heavy atom. The molecule has 136 valence electrons. The highest BCUT2D eigenvalue weighted by Crippen LogP contribution is 2.32.